The first kappa shape index (κ1) is 26.1. The average Bonchev–Trinajstić information content (AvgIpc) is 3.29. The second-order valence-electron chi connectivity index (χ2n) is 9.24. The van der Waals surface area contributed by atoms with Crippen molar-refractivity contribution in [2.75, 3.05) is 23.7 Å². The van der Waals surface area contributed by atoms with Gasteiger partial charge in [-0.1, -0.05) is 35.3 Å². The lowest BCUT2D eigenvalue weighted by Crippen LogP contribution is -2.57. The van der Waals surface area contributed by atoms with Gasteiger partial charge in [-0.25, -0.2) is 9.59 Å². The molecule has 1 aliphatic carbocycles. The van der Waals surface area contributed by atoms with Crippen molar-refractivity contribution in [3.8, 4) is 0 Å². The Morgan fingerprint density at radius 3 is 2.06 bits per heavy atom. The van der Waals surface area contributed by atoms with Gasteiger partial charge in [0.2, 0.25) is 0 Å². The van der Waals surface area contributed by atoms with Gasteiger partial charge >= 0.3 is 12.1 Å². The fourth-order valence-electron chi connectivity index (χ4n) is 4.56. The molecule has 0 aromatic heterocycles. The van der Waals surface area contributed by atoms with Crippen molar-refractivity contribution in [3.63, 3.8) is 0 Å². The molecule has 1 heterocycles. The van der Waals surface area contributed by atoms with E-state index in [9.17, 15) is 14.4 Å². The predicted octanol–water partition coefficient (Wildman–Crippen LogP) is 4.40. The van der Waals surface area contributed by atoms with Gasteiger partial charge in [0.15, 0.2) is 6.17 Å². The Labute approximate surface area is 220 Å². The molecule has 2 aromatic rings. The number of urea groups is 2. The van der Waals surface area contributed by atoms with Crippen molar-refractivity contribution in [1.29, 1.82) is 0 Å². The monoisotopic (exact) mass is 532 g/mol. The lowest BCUT2D eigenvalue weighted by atomic mass is 9.92. The van der Waals surface area contributed by atoms with Crippen LogP contribution in [-0.4, -0.2) is 59.1 Å². The Morgan fingerprint density at radius 2 is 1.47 bits per heavy atom. The van der Waals surface area contributed by atoms with Crippen molar-refractivity contribution in [2.24, 2.45) is 5.73 Å². The number of carbonyl (C=O) groups is 3. The highest BCUT2D eigenvalue weighted by molar-refractivity contribution is 6.42. The lowest BCUT2D eigenvalue weighted by Gasteiger charge is -2.32. The molecule has 2 fully saturated rings. The van der Waals surface area contributed by atoms with Crippen molar-refractivity contribution < 1.29 is 14.4 Å². The fraction of sp³-hybridized carbons (Fsp3) is 0.400. The van der Waals surface area contributed by atoms with Crippen LogP contribution in [0, 0.1) is 6.92 Å². The second kappa shape index (κ2) is 11.4. The molecule has 2 aromatic carbocycles. The molecule has 1 atom stereocenters. The zero-order valence-corrected chi connectivity index (χ0v) is 21.5. The molecule has 2 aliphatic rings. The minimum atomic E-state index is -1.12. The number of amides is 5. The standard InChI is InChI=1S/C25H30Cl2N6O3/c1-15-3-2-4-18(13-15)30-24(35)32-11-12-33(25(36)31-19-9-10-20(26)21(27)14-19)23(32)22(34)29-17-7-5-16(28)6-8-17/h2-4,9-10,13-14,16-17,23H,5-8,11-12,28H2,1H3,(H,29,34)(H,30,35)(H,31,36). The Bertz CT molecular complexity index is 1140. The maximum absolute atomic E-state index is 13.5. The third-order valence-electron chi connectivity index (χ3n) is 6.49. The number of nitrogens with zero attached hydrogens (tertiary/aromatic N) is 2. The maximum atomic E-state index is 13.5. The summed E-state index contributed by atoms with van der Waals surface area (Å²) in [7, 11) is 0. The third kappa shape index (κ3) is 6.21. The van der Waals surface area contributed by atoms with Crippen molar-refractivity contribution in [1.82, 2.24) is 15.1 Å². The number of hydrogen-bond donors (Lipinski definition) is 4. The van der Waals surface area contributed by atoms with E-state index >= 15 is 0 Å². The molecule has 1 saturated carbocycles. The normalized spacial score (nSPS) is 21.7. The van der Waals surface area contributed by atoms with E-state index in [4.69, 9.17) is 28.9 Å². The van der Waals surface area contributed by atoms with E-state index in [2.05, 4.69) is 16.0 Å². The molecule has 9 nitrogen and oxygen atoms in total. The molecule has 4 rings (SSSR count). The summed E-state index contributed by atoms with van der Waals surface area (Å²) in [6.07, 6.45) is 2.02. The fourth-order valence-corrected chi connectivity index (χ4v) is 4.86. The van der Waals surface area contributed by atoms with Crippen LogP contribution in [0.25, 0.3) is 0 Å². The van der Waals surface area contributed by atoms with Crippen molar-refractivity contribution in [2.45, 2.75) is 50.9 Å². The highest BCUT2D eigenvalue weighted by Gasteiger charge is 2.43. The number of rotatable bonds is 4. The molecule has 5 N–H and O–H groups in total. The number of carbonyl (C=O) groups excluding carboxylic acids is 3. The Hall–Kier alpha value is -3.01. The summed E-state index contributed by atoms with van der Waals surface area (Å²) in [5, 5.41) is 9.27. The topological polar surface area (TPSA) is 120 Å². The third-order valence-corrected chi connectivity index (χ3v) is 7.23. The second-order valence-corrected chi connectivity index (χ2v) is 10.1. The van der Waals surface area contributed by atoms with Crippen LogP contribution >= 0.6 is 23.2 Å². The molecule has 0 radical (unpaired) electrons. The summed E-state index contributed by atoms with van der Waals surface area (Å²) < 4.78 is 0. The number of anilines is 2. The molecular weight excluding hydrogens is 503 g/mol. The van der Waals surface area contributed by atoms with E-state index in [1.54, 1.807) is 18.2 Å². The first-order valence-electron chi connectivity index (χ1n) is 11.9. The smallest absolute Gasteiger partial charge is 0.323 e. The zero-order chi connectivity index (χ0) is 25.8. The lowest BCUT2D eigenvalue weighted by molar-refractivity contribution is -0.128. The van der Waals surface area contributed by atoms with Gasteiger partial charge in [-0.3, -0.25) is 14.6 Å². The molecule has 5 amide bonds. The summed E-state index contributed by atoms with van der Waals surface area (Å²) >= 11 is 12.1. The summed E-state index contributed by atoms with van der Waals surface area (Å²) in [6, 6.07) is 11.2. The molecule has 36 heavy (non-hydrogen) atoms. The van der Waals surface area contributed by atoms with Gasteiger partial charge in [0, 0.05) is 36.5 Å². The van der Waals surface area contributed by atoms with Gasteiger partial charge in [-0.05, 0) is 68.5 Å². The highest BCUT2D eigenvalue weighted by atomic mass is 35.5. The molecule has 192 valence electrons. The van der Waals surface area contributed by atoms with Gasteiger partial charge in [0.1, 0.15) is 0 Å². The Balaban J connectivity index is 1.52. The Morgan fingerprint density at radius 1 is 0.861 bits per heavy atom. The number of hydrogen-bond acceptors (Lipinski definition) is 4. The quantitative estimate of drug-likeness (QED) is 0.466. The van der Waals surface area contributed by atoms with Crippen molar-refractivity contribution in [3.05, 3.63) is 58.1 Å². The Kier molecular flexibility index (Phi) is 8.23. The van der Waals surface area contributed by atoms with Crippen LogP contribution in [0.5, 0.6) is 0 Å². The first-order valence-corrected chi connectivity index (χ1v) is 12.7. The van der Waals surface area contributed by atoms with Crippen LogP contribution in [-0.2, 0) is 4.79 Å². The van der Waals surface area contributed by atoms with E-state index in [1.807, 2.05) is 25.1 Å². The largest absolute Gasteiger partial charge is 0.350 e. The summed E-state index contributed by atoms with van der Waals surface area (Å²) in [4.78, 5) is 42.6. The molecule has 0 spiro atoms. The van der Waals surface area contributed by atoms with Crippen LogP contribution in [0.4, 0.5) is 21.0 Å². The first-order chi connectivity index (χ1) is 17.2. The molecule has 1 saturated heterocycles. The maximum Gasteiger partial charge on any atom is 0.323 e. The number of benzene rings is 2. The van der Waals surface area contributed by atoms with Gasteiger partial charge in [0.25, 0.3) is 5.91 Å². The molecular formula is C25H30Cl2N6O3. The van der Waals surface area contributed by atoms with E-state index in [0.29, 0.717) is 21.4 Å². The number of nitrogens with one attached hydrogen (secondary N) is 3. The van der Waals surface area contributed by atoms with Crippen LogP contribution < -0.4 is 21.7 Å². The summed E-state index contributed by atoms with van der Waals surface area (Å²) in [5.41, 5.74) is 8.02. The molecule has 0 bridgehead atoms. The molecule has 1 unspecified atom stereocenters. The highest BCUT2D eigenvalue weighted by Crippen LogP contribution is 2.26. The SMILES string of the molecule is Cc1cccc(NC(=O)N2CCN(C(=O)Nc3ccc(Cl)c(Cl)c3)C2C(=O)NC2CCC(N)CC2)c1. The number of aryl methyl sites for hydroxylation is 1. The number of halogens is 2. The summed E-state index contributed by atoms with van der Waals surface area (Å²) in [5.74, 6) is -0.406. The minimum Gasteiger partial charge on any atom is -0.350 e. The average molecular weight is 533 g/mol. The predicted molar refractivity (Wildman–Crippen MR) is 141 cm³/mol. The molecule has 1 aliphatic heterocycles. The van der Waals surface area contributed by atoms with Crippen LogP contribution in [0.3, 0.4) is 0 Å². The zero-order valence-electron chi connectivity index (χ0n) is 20.0. The van der Waals surface area contributed by atoms with E-state index < -0.39 is 24.1 Å². The van der Waals surface area contributed by atoms with E-state index in [-0.39, 0.29) is 25.2 Å². The van der Waals surface area contributed by atoms with Gasteiger partial charge in [0.05, 0.1) is 10.0 Å². The van der Waals surface area contributed by atoms with Crippen LogP contribution in [0.1, 0.15) is 31.2 Å². The van der Waals surface area contributed by atoms with Crippen LogP contribution in [0.15, 0.2) is 42.5 Å². The van der Waals surface area contributed by atoms with E-state index in [1.165, 1.54) is 15.9 Å². The van der Waals surface area contributed by atoms with Crippen molar-refractivity contribution >= 4 is 52.5 Å². The number of nitrogens with two attached hydrogens (primary N) is 1. The van der Waals surface area contributed by atoms with E-state index in [0.717, 1.165) is 31.2 Å². The summed E-state index contributed by atoms with van der Waals surface area (Å²) in [6.45, 7) is 2.30. The minimum absolute atomic E-state index is 0.0560. The van der Waals surface area contributed by atoms with Crippen LogP contribution in [0.2, 0.25) is 10.0 Å². The van der Waals surface area contributed by atoms with Gasteiger partial charge in [-0.2, -0.15) is 0 Å². The van der Waals surface area contributed by atoms with Gasteiger partial charge < -0.3 is 21.7 Å². The molecule has 11 heteroatoms. The van der Waals surface area contributed by atoms with Gasteiger partial charge in [-0.15, -0.1) is 0 Å².